The van der Waals surface area contributed by atoms with E-state index in [1.807, 2.05) is 0 Å². The number of aliphatic carboxylic acids is 1. The first-order chi connectivity index (χ1) is 15.1. The average Bonchev–Trinajstić information content (AvgIpc) is 3.16. The van der Waals surface area contributed by atoms with Crippen LogP contribution in [-0.4, -0.2) is 84.2 Å². The zero-order valence-corrected chi connectivity index (χ0v) is 18.3. The predicted octanol–water partition coefficient (Wildman–Crippen LogP) is 1.28. The van der Waals surface area contributed by atoms with Crippen molar-refractivity contribution in [1.29, 1.82) is 0 Å². The second-order valence-corrected chi connectivity index (χ2v) is 9.06. The topological polar surface area (TPSA) is 102 Å². The average molecular weight is 477 g/mol. The lowest BCUT2D eigenvalue weighted by atomic mass is 9.93. The van der Waals surface area contributed by atoms with E-state index in [2.05, 4.69) is 32.4 Å². The summed E-state index contributed by atoms with van der Waals surface area (Å²) in [4.78, 5) is 37.8. The molecule has 1 aromatic heterocycles. The Morgan fingerprint density at radius 3 is 2.50 bits per heavy atom. The lowest BCUT2D eigenvalue weighted by molar-refractivity contribution is -0.192. The molecule has 178 valence electrons. The number of carbonyl (C=O) groups excluding carboxylic acids is 2. The highest BCUT2D eigenvalue weighted by molar-refractivity contribution is 7.07. The number of nitrogens with one attached hydrogen (secondary N) is 2. The number of hydrogen-bond acceptors (Lipinski definition) is 6. The Labute approximate surface area is 187 Å². The maximum atomic E-state index is 13.1. The van der Waals surface area contributed by atoms with Crippen molar-refractivity contribution in [3.8, 4) is 0 Å². The number of alkyl halides is 3. The number of carboxylic acid groups (broad SMARTS) is 1. The number of carboxylic acids is 1. The van der Waals surface area contributed by atoms with Gasteiger partial charge in [0.1, 0.15) is 0 Å². The van der Waals surface area contributed by atoms with Crippen molar-refractivity contribution in [1.82, 2.24) is 20.4 Å². The summed E-state index contributed by atoms with van der Waals surface area (Å²) < 4.78 is 31.7. The first kappa shape index (κ1) is 24.5. The van der Waals surface area contributed by atoms with Crippen LogP contribution < -0.4 is 10.6 Å². The summed E-state index contributed by atoms with van der Waals surface area (Å²) in [5, 5.41) is 17.8. The molecule has 32 heavy (non-hydrogen) atoms. The highest BCUT2D eigenvalue weighted by Gasteiger charge is 2.57. The number of thiophene rings is 1. The minimum Gasteiger partial charge on any atom is -0.475 e. The fraction of sp³-hybridized carbons (Fsp3) is 0.650. The van der Waals surface area contributed by atoms with Gasteiger partial charge < -0.3 is 25.5 Å². The van der Waals surface area contributed by atoms with E-state index < -0.39 is 12.1 Å². The van der Waals surface area contributed by atoms with Gasteiger partial charge in [-0.3, -0.25) is 9.59 Å². The lowest BCUT2D eigenvalue weighted by Crippen LogP contribution is -2.52. The van der Waals surface area contributed by atoms with Gasteiger partial charge >= 0.3 is 12.1 Å². The molecule has 3 fully saturated rings. The molecule has 1 saturated carbocycles. The van der Waals surface area contributed by atoms with Crippen molar-refractivity contribution in [3.05, 3.63) is 22.4 Å². The van der Waals surface area contributed by atoms with Crippen LogP contribution in [0.5, 0.6) is 0 Å². The number of hydrogen-bond donors (Lipinski definition) is 3. The monoisotopic (exact) mass is 476 g/mol. The van der Waals surface area contributed by atoms with E-state index in [0.29, 0.717) is 31.1 Å². The van der Waals surface area contributed by atoms with E-state index >= 15 is 0 Å². The summed E-state index contributed by atoms with van der Waals surface area (Å²) in [5.41, 5.74) is 1.51. The summed E-state index contributed by atoms with van der Waals surface area (Å²) in [6.07, 6.45) is -1.67. The van der Waals surface area contributed by atoms with E-state index in [1.54, 1.807) is 16.2 Å². The number of piperazine rings is 1. The third kappa shape index (κ3) is 6.20. The summed E-state index contributed by atoms with van der Waals surface area (Å²) in [7, 11) is 0. The number of halogens is 3. The third-order valence-corrected chi connectivity index (χ3v) is 6.86. The molecule has 2 saturated heterocycles. The molecule has 1 unspecified atom stereocenters. The Balaban J connectivity index is 0.000000360. The van der Waals surface area contributed by atoms with Gasteiger partial charge in [0.05, 0.1) is 13.1 Å². The predicted molar refractivity (Wildman–Crippen MR) is 111 cm³/mol. The summed E-state index contributed by atoms with van der Waals surface area (Å²) in [6.45, 7) is 4.72. The van der Waals surface area contributed by atoms with E-state index in [0.717, 1.165) is 38.9 Å². The van der Waals surface area contributed by atoms with Gasteiger partial charge in [-0.1, -0.05) is 0 Å². The zero-order chi connectivity index (χ0) is 23.4. The van der Waals surface area contributed by atoms with Crippen LogP contribution in [0.4, 0.5) is 13.2 Å². The Bertz CT molecular complexity index is 812. The molecule has 3 aliphatic rings. The van der Waals surface area contributed by atoms with Crippen LogP contribution in [0.15, 0.2) is 16.8 Å². The van der Waals surface area contributed by atoms with E-state index in [4.69, 9.17) is 9.90 Å². The van der Waals surface area contributed by atoms with Crippen molar-refractivity contribution in [2.45, 2.75) is 38.0 Å². The van der Waals surface area contributed by atoms with Crippen LogP contribution in [0.1, 0.15) is 24.8 Å². The number of piperidine rings is 1. The van der Waals surface area contributed by atoms with Gasteiger partial charge in [-0.15, -0.1) is 0 Å². The summed E-state index contributed by atoms with van der Waals surface area (Å²) >= 11 is 1.67. The Morgan fingerprint density at radius 2 is 1.94 bits per heavy atom. The van der Waals surface area contributed by atoms with Crippen molar-refractivity contribution in [3.63, 3.8) is 0 Å². The Kier molecular flexibility index (Phi) is 7.78. The quantitative estimate of drug-likeness (QED) is 0.592. The molecular weight excluding hydrogens is 449 g/mol. The number of nitrogens with zero attached hydrogens (tertiary/aromatic N) is 2. The molecule has 0 radical (unpaired) electrons. The van der Waals surface area contributed by atoms with Crippen molar-refractivity contribution in [2.24, 2.45) is 5.41 Å². The first-order valence-electron chi connectivity index (χ1n) is 10.4. The highest BCUT2D eigenvalue weighted by atomic mass is 32.1. The van der Waals surface area contributed by atoms with Crippen LogP contribution in [0.25, 0.3) is 0 Å². The van der Waals surface area contributed by atoms with Crippen LogP contribution in [0.2, 0.25) is 0 Å². The molecule has 2 aliphatic heterocycles. The molecule has 3 N–H and O–H groups in total. The van der Waals surface area contributed by atoms with E-state index in [1.165, 1.54) is 5.56 Å². The normalized spacial score (nSPS) is 22.2. The number of rotatable bonds is 5. The lowest BCUT2D eigenvalue weighted by Gasteiger charge is -2.32. The fourth-order valence-corrected chi connectivity index (χ4v) is 4.91. The fourth-order valence-electron chi connectivity index (χ4n) is 4.25. The maximum Gasteiger partial charge on any atom is 0.490 e. The van der Waals surface area contributed by atoms with Gasteiger partial charge in [-0.2, -0.15) is 24.5 Å². The molecule has 8 nitrogen and oxygen atoms in total. The van der Waals surface area contributed by atoms with Crippen LogP contribution >= 0.6 is 11.3 Å². The Hall–Kier alpha value is -2.18. The SMILES string of the molecule is O=C(O)C(F)(F)F.O=C1CNCCN1CC(=O)N(Cc1ccsc1)C1CC12CCNCC2. The second-order valence-electron chi connectivity index (χ2n) is 8.28. The molecule has 0 aromatic carbocycles. The van der Waals surface area contributed by atoms with Crippen LogP contribution in [-0.2, 0) is 20.9 Å². The molecule has 1 spiro atoms. The standard InChI is InChI=1S/C18H26N4O2S.C2HF3O2/c23-16-10-20-6-7-21(16)12-17(24)22(11-14-1-8-25-13-14)15-9-18(15)2-4-19-5-3-18;3-2(4,5)1(6)7/h1,8,13,15,19-20H,2-7,9-12H2;(H,6,7). The van der Waals surface area contributed by atoms with Crippen molar-refractivity contribution >= 4 is 29.1 Å². The number of carbonyl (C=O) groups is 3. The van der Waals surface area contributed by atoms with Gasteiger partial charge in [0.2, 0.25) is 11.8 Å². The Morgan fingerprint density at radius 1 is 1.25 bits per heavy atom. The van der Waals surface area contributed by atoms with Crippen LogP contribution in [0.3, 0.4) is 0 Å². The number of amides is 2. The van der Waals surface area contributed by atoms with Gasteiger partial charge in [-0.05, 0) is 60.2 Å². The van der Waals surface area contributed by atoms with Crippen molar-refractivity contribution < 1.29 is 32.7 Å². The third-order valence-electron chi connectivity index (χ3n) is 6.13. The molecule has 4 rings (SSSR count). The van der Waals surface area contributed by atoms with Gasteiger partial charge in [-0.25, -0.2) is 4.79 Å². The zero-order valence-electron chi connectivity index (χ0n) is 17.5. The molecule has 0 bridgehead atoms. The maximum absolute atomic E-state index is 13.1. The van der Waals surface area contributed by atoms with Gasteiger partial charge in [0, 0.05) is 25.7 Å². The molecule has 1 atom stereocenters. The summed E-state index contributed by atoms with van der Waals surface area (Å²) in [6, 6.07) is 2.43. The molecule has 3 heterocycles. The van der Waals surface area contributed by atoms with Crippen LogP contribution in [0, 0.1) is 5.41 Å². The summed E-state index contributed by atoms with van der Waals surface area (Å²) in [5.74, 6) is -2.63. The van der Waals surface area contributed by atoms with Crippen molar-refractivity contribution in [2.75, 3.05) is 39.3 Å². The molecule has 2 amide bonds. The smallest absolute Gasteiger partial charge is 0.475 e. The molecule has 12 heteroatoms. The highest BCUT2D eigenvalue weighted by Crippen LogP contribution is 2.56. The van der Waals surface area contributed by atoms with Gasteiger partial charge in [0.25, 0.3) is 0 Å². The molecule has 1 aliphatic carbocycles. The largest absolute Gasteiger partial charge is 0.490 e. The van der Waals surface area contributed by atoms with E-state index in [9.17, 15) is 22.8 Å². The van der Waals surface area contributed by atoms with E-state index in [-0.39, 0.29) is 18.4 Å². The van der Waals surface area contributed by atoms with Gasteiger partial charge in [0.15, 0.2) is 0 Å². The molecule has 1 aromatic rings. The first-order valence-corrected chi connectivity index (χ1v) is 11.4. The second kappa shape index (κ2) is 10.2. The molecular formula is C20H27F3N4O4S. The minimum absolute atomic E-state index is 0.0301. The minimum atomic E-state index is -5.08.